The summed E-state index contributed by atoms with van der Waals surface area (Å²) in [5, 5.41) is 2.79. The Morgan fingerprint density at radius 3 is 2.83 bits per heavy atom. The second kappa shape index (κ2) is 5.64. The van der Waals surface area contributed by atoms with Gasteiger partial charge >= 0.3 is 0 Å². The van der Waals surface area contributed by atoms with Gasteiger partial charge in [-0.3, -0.25) is 9.59 Å². The van der Waals surface area contributed by atoms with Crippen LogP contribution in [0.25, 0.3) is 0 Å². The molecule has 18 heavy (non-hydrogen) atoms. The largest absolute Gasteiger partial charge is 0.376 e. The predicted molar refractivity (Wildman–Crippen MR) is 66.3 cm³/mol. The Balaban J connectivity index is 1.95. The first kappa shape index (κ1) is 12.6. The number of hydrogen-bond acceptors (Lipinski definition) is 3. The lowest BCUT2D eigenvalue weighted by molar-refractivity contribution is 0.0858. The quantitative estimate of drug-likeness (QED) is 0.822. The van der Waals surface area contributed by atoms with Gasteiger partial charge in [-0.05, 0) is 31.0 Å². The molecule has 1 saturated heterocycles. The molecular formula is C13H16N2O3. The molecule has 1 atom stereocenters. The second-order valence-electron chi connectivity index (χ2n) is 4.29. The summed E-state index contributed by atoms with van der Waals surface area (Å²) in [6.45, 7) is 1.26. The fraction of sp³-hybridized carbons (Fsp3) is 0.385. The lowest BCUT2D eigenvalue weighted by Gasteiger charge is -2.11. The van der Waals surface area contributed by atoms with Crippen LogP contribution in [0.15, 0.2) is 24.3 Å². The van der Waals surface area contributed by atoms with Crippen molar-refractivity contribution in [2.24, 2.45) is 5.73 Å². The molecule has 0 aliphatic carbocycles. The van der Waals surface area contributed by atoms with Crippen LogP contribution >= 0.6 is 0 Å². The molecule has 2 amide bonds. The van der Waals surface area contributed by atoms with E-state index in [-0.39, 0.29) is 12.0 Å². The minimum Gasteiger partial charge on any atom is -0.376 e. The lowest BCUT2D eigenvalue weighted by Crippen LogP contribution is -2.31. The number of rotatable bonds is 4. The zero-order valence-electron chi connectivity index (χ0n) is 10.0. The van der Waals surface area contributed by atoms with Gasteiger partial charge in [0.25, 0.3) is 5.91 Å². The standard InChI is InChI=1S/C13H16N2O3/c14-12(16)9-3-1-4-10(7-9)13(17)15-8-11-5-2-6-18-11/h1,3-4,7,11H,2,5-6,8H2,(H2,14,16)(H,15,17). The van der Waals surface area contributed by atoms with Crippen molar-refractivity contribution < 1.29 is 14.3 Å². The number of nitrogens with two attached hydrogens (primary N) is 1. The third-order valence-corrected chi connectivity index (χ3v) is 2.92. The molecule has 0 spiro atoms. The highest BCUT2D eigenvalue weighted by Gasteiger charge is 2.16. The van der Waals surface area contributed by atoms with Crippen molar-refractivity contribution >= 4 is 11.8 Å². The van der Waals surface area contributed by atoms with E-state index in [1.807, 2.05) is 0 Å². The van der Waals surface area contributed by atoms with Crippen LogP contribution < -0.4 is 11.1 Å². The summed E-state index contributed by atoms with van der Waals surface area (Å²) in [5.74, 6) is -0.752. The average Bonchev–Trinajstić information content (AvgIpc) is 2.89. The van der Waals surface area contributed by atoms with Gasteiger partial charge in [0.1, 0.15) is 0 Å². The first-order valence-corrected chi connectivity index (χ1v) is 5.96. The number of amides is 2. The van der Waals surface area contributed by atoms with Crippen LogP contribution in [0, 0.1) is 0 Å². The van der Waals surface area contributed by atoms with Gasteiger partial charge in [-0.2, -0.15) is 0 Å². The topological polar surface area (TPSA) is 81.4 Å². The summed E-state index contributed by atoms with van der Waals surface area (Å²) in [6.07, 6.45) is 2.12. The lowest BCUT2D eigenvalue weighted by atomic mass is 10.1. The molecule has 5 heteroatoms. The zero-order valence-corrected chi connectivity index (χ0v) is 10.0. The number of carbonyl (C=O) groups is 2. The van der Waals surface area contributed by atoms with Crippen molar-refractivity contribution in [2.75, 3.05) is 13.2 Å². The molecule has 1 unspecified atom stereocenters. The highest BCUT2D eigenvalue weighted by atomic mass is 16.5. The Morgan fingerprint density at radius 2 is 2.17 bits per heavy atom. The molecule has 0 radical (unpaired) electrons. The van der Waals surface area contributed by atoms with Crippen molar-refractivity contribution in [3.8, 4) is 0 Å². The molecule has 1 aromatic carbocycles. The maximum atomic E-state index is 11.9. The van der Waals surface area contributed by atoms with Crippen LogP contribution in [-0.2, 0) is 4.74 Å². The first-order valence-electron chi connectivity index (χ1n) is 5.96. The smallest absolute Gasteiger partial charge is 0.251 e. The number of hydrogen-bond donors (Lipinski definition) is 2. The second-order valence-corrected chi connectivity index (χ2v) is 4.29. The normalized spacial score (nSPS) is 18.6. The van der Waals surface area contributed by atoms with E-state index in [2.05, 4.69) is 5.32 Å². The van der Waals surface area contributed by atoms with Crippen LogP contribution in [-0.4, -0.2) is 31.1 Å². The van der Waals surface area contributed by atoms with Crippen molar-refractivity contribution in [1.29, 1.82) is 0 Å². The Kier molecular flexibility index (Phi) is 3.94. The minimum absolute atomic E-state index is 0.105. The van der Waals surface area contributed by atoms with Crippen LogP contribution in [0.5, 0.6) is 0 Å². The van der Waals surface area contributed by atoms with E-state index in [1.165, 1.54) is 6.07 Å². The Bertz CT molecular complexity index is 453. The molecule has 0 saturated carbocycles. The Hall–Kier alpha value is -1.88. The van der Waals surface area contributed by atoms with E-state index in [4.69, 9.17) is 10.5 Å². The fourth-order valence-electron chi connectivity index (χ4n) is 1.93. The monoisotopic (exact) mass is 248 g/mol. The minimum atomic E-state index is -0.538. The molecule has 1 aromatic rings. The van der Waals surface area contributed by atoms with Crippen molar-refractivity contribution in [2.45, 2.75) is 18.9 Å². The third kappa shape index (κ3) is 3.07. The van der Waals surface area contributed by atoms with E-state index in [0.717, 1.165) is 19.4 Å². The van der Waals surface area contributed by atoms with Crippen molar-refractivity contribution in [1.82, 2.24) is 5.32 Å². The van der Waals surface area contributed by atoms with Crippen LogP contribution in [0.4, 0.5) is 0 Å². The van der Waals surface area contributed by atoms with Gasteiger partial charge in [0, 0.05) is 24.3 Å². The van der Waals surface area contributed by atoms with Gasteiger partial charge in [0.15, 0.2) is 0 Å². The van der Waals surface area contributed by atoms with E-state index < -0.39 is 5.91 Å². The van der Waals surface area contributed by atoms with Gasteiger partial charge in [-0.25, -0.2) is 0 Å². The van der Waals surface area contributed by atoms with Gasteiger partial charge in [-0.1, -0.05) is 6.07 Å². The molecule has 0 aromatic heterocycles. The van der Waals surface area contributed by atoms with E-state index in [0.29, 0.717) is 17.7 Å². The molecule has 1 aliphatic rings. The number of benzene rings is 1. The first-order chi connectivity index (χ1) is 8.66. The van der Waals surface area contributed by atoms with Gasteiger partial charge in [-0.15, -0.1) is 0 Å². The number of ether oxygens (including phenoxy) is 1. The van der Waals surface area contributed by atoms with Crippen molar-refractivity contribution in [3.05, 3.63) is 35.4 Å². The SMILES string of the molecule is NC(=O)c1cccc(C(=O)NCC2CCCO2)c1. The summed E-state index contributed by atoms with van der Waals surface area (Å²) >= 11 is 0. The van der Waals surface area contributed by atoms with E-state index >= 15 is 0 Å². The Morgan fingerprint density at radius 1 is 1.39 bits per heavy atom. The summed E-state index contributed by atoms with van der Waals surface area (Å²) in [4.78, 5) is 22.9. The summed E-state index contributed by atoms with van der Waals surface area (Å²) in [5.41, 5.74) is 5.93. The van der Waals surface area contributed by atoms with Gasteiger partial charge in [0.2, 0.25) is 5.91 Å². The molecule has 1 heterocycles. The van der Waals surface area contributed by atoms with Crippen molar-refractivity contribution in [3.63, 3.8) is 0 Å². The maximum Gasteiger partial charge on any atom is 0.251 e. The zero-order chi connectivity index (χ0) is 13.0. The predicted octanol–water partition coefficient (Wildman–Crippen LogP) is 0.694. The van der Waals surface area contributed by atoms with Gasteiger partial charge in [0.05, 0.1) is 6.10 Å². The number of nitrogens with one attached hydrogen (secondary N) is 1. The molecular weight excluding hydrogens is 232 g/mol. The molecule has 1 aliphatic heterocycles. The highest BCUT2D eigenvalue weighted by molar-refractivity contribution is 5.99. The third-order valence-electron chi connectivity index (χ3n) is 2.92. The highest BCUT2D eigenvalue weighted by Crippen LogP contribution is 2.11. The van der Waals surface area contributed by atoms with E-state index in [9.17, 15) is 9.59 Å². The van der Waals surface area contributed by atoms with Crippen LogP contribution in [0.2, 0.25) is 0 Å². The van der Waals surface area contributed by atoms with Crippen LogP contribution in [0.1, 0.15) is 33.6 Å². The summed E-state index contributed by atoms with van der Waals surface area (Å²) in [7, 11) is 0. The number of carbonyl (C=O) groups excluding carboxylic acids is 2. The molecule has 2 rings (SSSR count). The van der Waals surface area contributed by atoms with Gasteiger partial charge < -0.3 is 15.8 Å². The summed E-state index contributed by atoms with van der Waals surface area (Å²) < 4.78 is 5.41. The molecule has 1 fully saturated rings. The summed E-state index contributed by atoms with van der Waals surface area (Å²) in [6, 6.07) is 6.37. The average molecular weight is 248 g/mol. The Labute approximate surface area is 105 Å². The molecule has 5 nitrogen and oxygen atoms in total. The molecule has 3 N–H and O–H groups in total. The molecule has 96 valence electrons. The van der Waals surface area contributed by atoms with E-state index in [1.54, 1.807) is 18.2 Å². The van der Waals surface area contributed by atoms with Crippen LogP contribution in [0.3, 0.4) is 0 Å². The fourth-order valence-corrected chi connectivity index (χ4v) is 1.93. The maximum absolute atomic E-state index is 11.9. The number of primary amides is 1. The molecule has 0 bridgehead atoms.